The van der Waals surface area contributed by atoms with Crippen molar-refractivity contribution in [3.8, 4) is 0 Å². The van der Waals surface area contributed by atoms with E-state index in [2.05, 4.69) is 47.5 Å². The van der Waals surface area contributed by atoms with E-state index >= 15 is 0 Å². The highest BCUT2D eigenvalue weighted by Gasteiger charge is 2.27. The van der Waals surface area contributed by atoms with Gasteiger partial charge >= 0.3 is 0 Å². The standard InChI is InChI=1S/C12H16N2.C3H9N/c1-14-7-11(8-14)10-4-5-12(13-6-10)9-2-3-9;1-3-4-2/h4-6,9,11H,2-3,7-8H2,1H3;4H,3H2,1-2H3. The third-order valence-corrected chi connectivity index (χ3v) is 3.69. The fourth-order valence-electron chi connectivity index (χ4n) is 2.19. The number of pyridine rings is 1. The van der Waals surface area contributed by atoms with Crippen molar-refractivity contribution in [1.82, 2.24) is 15.2 Å². The molecule has 0 bridgehead atoms. The van der Waals surface area contributed by atoms with Gasteiger partial charge in [0.05, 0.1) is 0 Å². The van der Waals surface area contributed by atoms with Crippen LogP contribution in [0.2, 0.25) is 0 Å². The van der Waals surface area contributed by atoms with E-state index in [1.807, 2.05) is 7.05 Å². The summed E-state index contributed by atoms with van der Waals surface area (Å²) in [5, 5.41) is 2.93. The Morgan fingerprint density at radius 3 is 2.33 bits per heavy atom. The summed E-state index contributed by atoms with van der Waals surface area (Å²) >= 11 is 0. The van der Waals surface area contributed by atoms with Crippen LogP contribution in [0.4, 0.5) is 0 Å². The molecule has 18 heavy (non-hydrogen) atoms. The van der Waals surface area contributed by atoms with E-state index in [1.165, 1.54) is 37.2 Å². The van der Waals surface area contributed by atoms with Gasteiger partial charge in [0.25, 0.3) is 0 Å². The second kappa shape index (κ2) is 6.30. The highest BCUT2D eigenvalue weighted by Crippen LogP contribution is 2.39. The summed E-state index contributed by atoms with van der Waals surface area (Å²) in [5.74, 6) is 1.52. The maximum Gasteiger partial charge on any atom is 0.0434 e. The minimum atomic E-state index is 0.737. The average molecular weight is 247 g/mol. The predicted molar refractivity (Wildman–Crippen MR) is 76.1 cm³/mol. The SMILES string of the molecule is CCNC.CN1CC(c2ccc(C3CC3)nc2)C1. The molecule has 3 rings (SSSR count). The molecule has 1 aromatic rings. The number of likely N-dealkylation sites (N-methyl/N-ethyl adjacent to an activating group) is 1. The van der Waals surface area contributed by atoms with Gasteiger partial charge in [-0.05, 0) is 45.1 Å². The van der Waals surface area contributed by atoms with Gasteiger partial charge in [-0.1, -0.05) is 13.0 Å². The molecule has 1 aromatic heterocycles. The Labute approximate surface area is 111 Å². The van der Waals surface area contributed by atoms with E-state index in [1.54, 1.807) is 0 Å². The van der Waals surface area contributed by atoms with Gasteiger partial charge < -0.3 is 10.2 Å². The van der Waals surface area contributed by atoms with Crippen LogP contribution in [0.25, 0.3) is 0 Å². The lowest BCUT2D eigenvalue weighted by molar-refractivity contribution is 0.189. The molecule has 2 heterocycles. The smallest absolute Gasteiger partial charge is 0.0434 e. The maximum atomic E-state index is 4.55. The van der Waals surface area contributed by atoms with Crippen molar-refractivity contribution >= 4 is 0 Å². The first kappa shape index (κ1) is 13.5. The van der Waals surface area contributed by atoms with Gasteiger partial charge in [-0.2, -0.15) is 0 Å². The summed E-state index contributed by atoms with van der Waals surface area (Å²) in [6, 6.07) is 4.50. The van der Waals surface area contributed by atoms with Crippen LogP contribution in [0.3, 0.4) is 0 Å². The van der Waals surface area contributed by atoms with E-state index in [0.717, 1.165) is 18.4 Å². The summed E-state index contributed by atoms with van der Waals surface area (Å²) in [4.78, 5) is 6.90. The number of rotatable bonds is 3. The monoisotopic (exact) mass is 247 g/mol. The fraction of sp³-hybridized carbons (Fsp3) is 0.667. The minimum Gasteiger partial charge on any atom is -0.320 e. The Balaban J connectivity index is 0.000000267. The molecule has 1 aliphatic carbocycles. The van der Waals surface area contributed by atoms with E-state index in [9.17, 15) is 0 Å². The summed E-state index contributed by atoms with van der Waals surface area (Å²) in [6.07, 6.45) is 4.78. The summed E-state index contributed by atoms with van der Waals surface area (Å²) in [6.45, 7) is 5.54. The Morgan fingerprint density at radius 2 is 1.94 bits per heavy atom. The number of nitrogens with one attached hydrogen (secondary N) is 1. The lowest BCUT2D eigenvalue weighted by Gasteiger charge is -2.36. The van der Waals surface area contributed by atoms with Crippen molar-refractivity contribution in [2.24, 2.45) is 0 Å². The second-order valence-electron chi connectivity index (χ2n) is 5.42. The van der Waals surface area contributed by atoms with Crippen LogP contribution in [0.5, 0.6) is 0 Å². The van der Waals surface area contributed by atoms with Crippen molar-refractivity contribution in [3.05, 3.63) is 29.6 Å². The molecule has 1 saturated carbocycles. The molecule has 1 saturated heterocycles. The first-order valence-corrected chi connectivity index (χ1v) is 7.03. The van der Waals surface area contributed by atoms with Crippen molar-refractivity contribution in [3.63, 3.8) is 0 Å². The summed E-state index contributed by atoms with van der Waals surface area (Å²) < 4.78 is 0. The van der Waals surface area contributed by atoms with E-state index in [0.29, 0.717) is 0 Å². The lowest BCUT2D eigenvalue weighted by Crippen LogP contribution is -2.41. The first-order chi connectivity index (χ1) is 8.74. The van der Waals surface area contributed by atoms with Crippen LogP contribution in [0.1, 0.15) is 42.9 Å². The molecule has 0 spiro atoms. The largest absolute Gasteiger partial charge is 0.320 e. The van der Waals surface area contributed by atoms with Crippen LogP contribution in [-0.4, -0.2) is 43.6 Å². The molecule has 0 unspecified atom stereocenters. The van der Waals surface area contributed by atoms with Crippen molar-refractivity contribution in [2.75, 3.05) is 33.7 Å². The molecule has 2 aliphatic rings. The fourth-order valence-corrected chi connectivity index (χ4v) is 2.19. The van der Waals surface area contributed by atoms with Crippen LogP contribution >= 0.6 is 0 Å². The Hall–Kier alpha value is -0.930. The summed E-state index contributed by atoms with van der Waals surface area (Å²) in [7, 11) is 4.10. The van der Waals surface area contributed by atoms with Gasteiger partial charge in [0, 0.05) is 36.8 Å². The van der Waals surface area contributed by atoms with Crippen LogP contribution in [0, 0.1) is 0 Å². The molecule has 3 nitrogen and oxygen atoms in total. The number of aromatic nitrogens is 1. The van der Waals surface area contributed by atoms with Crippen LogP contribution in [0.15, 0.2) is 18.3 Å². The van der Waals surface area contributed by atoms with Gasteiger partial charge in [0.15, 0.2) is 0 Å². The number of nitrogens with zero attached hydrogens (tertiary/aromatic N) is 2. The van der Waals surface area contributed by atoms with Crippen LogP contribution < -0.4 is 5.32 Å². The molecule has 1 aliphatic heterocycles. The predicted octanol–water partition coefficient (Wildman–Crippen LogP) is 2.21. The third kappa shape index (κ3) is 3.53. The van der Waals surface area contributed by atoms with Gasteiger partial charge in [-0.25, -0.2) is 0 Å². The molecule has 0 aromatic carbocycles. The molecule has 2 fully saturated rings. The van der Waals surface area contributed by atoms with Gasteiger partial charge in [-0.3, -0.25) is 4.98 Å². The second-order valence-corrected chi connectivity index (χ2v) is 5.42. The average Bonchev–Trinajstić information content (AvgIpc) is 3.20. The van der Waals surface area contributed by atoms with Gasteiger partial charge in [-0.15, -0.1) is 0 Å². The first-order valence-electron chi connectivity index (χ1n) is 7.03. The number of hydrogen-bond acceptors (Lipinski definition) is 3. The normalized spacial score (nSPS) is 19.9. The lowest BCUT2D eigenvalue weighted by atomic mass is 9.93. The highest BCUT2D eigenvalue weighted by molar-refractivity contribution is 5.24. The zero-order valence-electron chi connectivity index (χ0n) is 11.8. The number of likely N-dealkylation sites (tertiary alicyclic amines) is 1. The molecule has 0 atom stereocenters. The Kier molecular flexibility index (Phi) is 4.72. The summed E-state index contributed by atoms with van der Waals surface area (Å²) in [5.41, 5.74) is 2.73. The third-order valence-electron chi connectivity index (χ3n) is 3.69. The zero-order valence-corrected chi connectivity index (χ0v) is 11.8. The van der Waals surface area contributed by atoms with Gasteiger partial charge in [0.2, 0.25) is 0 Å². The molecule has 3 heteroatoms. The molecular weight excluding hydrogens is 222 g/mol. The minimum absolute atomic E-state index is 0.737. The molecular formula is C15H25N3. The Bertz CT molecular complexity index is 349. The molecule has 0 radical (unpaired) electrons. The molecule has 1 N–H and O–H groups in total. The molecule has 100 valence electrons. The van der Waals surface area contributed by atoms with E-state index in [-0.39, 0.29) is 0 Å². The Morgan fingerprint density at radius 1 is 1.28 bits per heavy atom. The van der Waals surface area contributed by atoms with Gasteiger partial charge in [0.1, 0.15) is 0 Å². The van der Waals surface area contributed by atoms with Crippen molar-refractivity contribution < 1.29 is 0 Å². The van der Waals surface area contributed by atoms with Crippen molar-refractivity contribution in [2.45, 2.75) is 31.6 Å². The quantitative estimate of drug-likeness (QED) is 0.887. The topological polar surface area (TPSA) is 28.2 Å². The maximum absolute atomic E-state index is 4.55. The zero-order chi connectivity index (χ0) is 13.0. The number of hydrogen-bond donors (Lipinski definition) is 1. The van der Waals surface area contributed by atoms with Crippen molar-refractivity contribution in [1.29, 1.82) is 0 Å². The van der Waals surface area contributed by atoms with E-state index < -0.39 is 0 Å². The van der Waals surface area contributed by atoms with E-state index in [4.69, 9.17) is 0 Å². The molecule has 0 amide bonds. The highest BCUT2D eigenvalue weighted by atomic mass is 15.2. The van der Waals surface area contributed by atoms with Crippen LogP contribution in [-0.2, 0) is 0 Å².